The van der Waals surface area contributed by atoms with E-state index in [9.17, 15) is 14.4 Å². The van der Waals surface area contributed by atoms with Crippen LogP contribution in [0.3, 0.4) is 0 Å². The molecule has 2 saturated heterocycles. The molecule has 104 valence electrons. The van der Waals surface area contributed by atoms with Gasteiger partial charge >= 0.3 is 0 Å². The van der Waals surface area contributed by atoms with E-state index in [2.05, 4.69) is 15.9 Å². The standard InChI is InChI=1S/C13H11BrN2O3S/c14-10-4-2-1-3-9(10)12(18)15-5-8(6-15)16-11(17)7-20-13(16)19/h1-4,8H,5-7H2. The van der Waals surface area contributed by atoms with Gasteiger partial charge in [0.15, 0.2) is 0 Å². The van der Waals surface area contributed by atoms with Gasteiger partial charge in [-0.25, -0.2) is 0 Å². The van der Waals surface area contributed by atoms with E-state index in [-0.39, 0.29) is 28.8 Å². The first-order valence-corrected chi connectivity index (χ1v) is 7.88. The highest BCUT2D eigenvalue weighted by molar-refractivity contribution is 9.10. The summed E-state index contributed by atoms with van der Waals surface area (Å²) in [5.41, 5.74) is 0.597. The largest absolute Gasteiger partial charge is 0.334 e. The van der Waals surface area contributed by atoms with E-state index in [4.69, 9.17) is 0 Å². The van der Waals surface area contributed by atoms with Crippen LogP contribution in [0.15, 0.2) is 28.7 Å². The van der Waals surface area contributed by atoms with Gasteiger partial charge in [-0.1, -0.05) is 23.9 Å². The molecule has 7 heteroatoms. The van der Waals surface area contributed by atoms with Crippen LogP contribution in [0.25, 0.3) is 0 Å². The third-order valence-corrected chi connectivity index (χ3v) is 4.93. The fourth-order valence-electron chi connectivity index (χ4n) is 2.31. The van der Waals surface area contributed by atoms with Crippen molar-refractivity contribution in [2.75, 3.05) is 18.8 Å². The van der Waals surface area contributed by atoms with Crippen LogP contribution in [0.1, 0.15) is 10.4 Å². The maximum atomic E-state index is 12.3. The molecule has 0 atom stereocenters. The molecule has 3 amide bonds. The van der Waals surface area contributed by atoms with Gasteiger partial charge in [-0.2, -0.15) is 0 Å². The molecule has 0 saturated carbocycles. The molecule has 0 aromatic heterocycles. The highest BCUT2D eigenvalue weighted by Crippen LogP contribution is 2.28. The van der Waals surface area contributed by atoms with Crippen molar-refractivity contribution in [2.24, 2.45) is 0 Å². The van der Waals surface area contributed by atoms with E-state index >= 15 is 0 Å². The number of carbonyl (C=O) groups is 3. The van der Waals surface area contributed by atoms with Crippen molar-refractivity contribution >= 4 is 44.7 Å². The number of likely N-dealkylation sites (tertiary alicyclic amines) is 1. The molecular weight excluding hydrogens is 344 g/mol. The molecule has 2 heterocycles. The number of rotatable bonds is 2. The summed E-state index contributed by atoms with van der Waals surface area (Å²) < 4.78 is 0.748. The number of halogens is 1. The molecule has 1 aromatic carbocycles. The molecule has 5 nitrogen and oxygen atoms in total. The van der Waals surface area contributed by atoms with Crippen LogP contribution >= 0.6 is 27.7 Å². The van der Waals surface area contributed by atoms with E-state index in [0.717, 1.165) is 16.2 Å². The van der Waals surface area contributed by atoms with Crippen LogP contribution in [0.5, 0.6) is 0 Å². The monoisotopic (exact) mass is 354 g/mol. The summed E-state index contributed by atoms with van der Waals surface area (Å²) in [4.78, 5) is 38.4. The predicted molar refractivity (Wildman–Crippen MR) is 78.5 cm³/mol. The Labute approximate surface area is 128 Å². The Morgan fingerprint density at radius 3 is 2.55 bits per heavy atom. The first kappa shape index (κ1) is 13.6. The summed E-state index contributed by atoms with van der Waals surface area (Å²) in [6, 6.07) is 7.05. The maximum Gasteiger partial charge on any atom is 0.289 e. The topological polar surface area (TPSA) is 57.7 Å². The molecule has 2 fully saturated rings. The Balaban J connectivity index is 1.66. The first-order valence-electron chi connectivity index (χ1n) is 6.10. The lowest BCUT2D eigenvalue weighted by atomic mass is 10.1. The smallest absolute Gasteiger partial charge is 0.289 e. The van der Waals surface area contributed by atoms with Crippen LogP contribution in [0.4, 0.5) is 4.79 Å². The highest BCUT2D eigenvalue weighted by atomic mass is 79.9. The summed E-state index contributed by atoms with van der Waals surface area (Å²) in [7, 11) is 0. The Hall–Kier alpha value is -1.34. The van der Waals surface area contributed by atoms with Crippen molar-refractivity contribution in [3.8, 4) is 0 Å². The fourth-order valence-corrected chi connectivity index (χ4v) is 3.54. The number of amides is 3. The minimum atomic E-state index is -0.201. The molecule has 0 aliphatic carbocycles. The fraction of sp³-hybridized carbons (Fsp3) is 0.308. The van der Waals surface area contributed by atoms with Gasteiger partial charge in [0.05, 0.1) is 17.4 Å². The number of hydrogen-bond acceptors (Lipinski definition) is 4. The molecule has 0 radical (unpaired) electrons. The quantitative estimate of drug-likeness (QED) is 0.814. The molecule has 20 heavy (non-hydrogen) atoms. The molecule has 0 bridgehead atoms. The van der Waals surface area contributed by atoms with E-state index in [0.29, 0.717) is 18.7 Å². The summed E-state index contributed by atoms with van der Waals surface area (Å²) in [5.74, 6) is -0.0217. The molecule has 0 unspecified atom stereocenters. The van der Waals surface area contributed by atoms with Crippen molar-refractivity contribution in [2.45, 2.75) is 6.04 Å². The number of benzene rings is 1. The van der Waals surface area contributed by atoms with Crippen LogP contribution in [0, 0.1) is 0 Å². The lowest BCUT2D eigenvalue weighted by molar-refractivity contribution is -0.128. The number of thioether (sulfide) groups is 1. The van der Waals surface area contributed by atoms with Crippen molar-refractivity contribution in [3.05, 3.63) is 34.3 Å². The number of hydrogen-bond donors (Lipinski definition) is 0. The minimum absolute atomic E-state index is 0.0829. The predicted octanol–water partition coefficient (Wildman–Crippen LogP) is 1.97. The summed E-state index contributed by atoms with van der Waals surface area (Å²) in [5, 5.41) is -0.201. The van der Waals surface area contributed by atoms with Crippen LogP contribution in [-0.4, -0.2) is 51.7 Å². The van der Waals surface area contributed by atoms with Crippen molar-refractivity contribution in [1.82, 2.24) is 9.80 Å². The normalized spacial score (nSPS) is 19.4. The Morgan fingerprint density at radius 1 is 1.25 bits per heavy atom. The van der Waals surface area contributed by atoms with Gasteiger partial charge in [-0.05, 0) is 28.1 Å². The molecule has 1 aromatic rings. The molecule has 2 aliphatic rings. The van der Waals surface area contributed by atoms with Crippen molar-refractivity contribution < 1.29 is 14.4 Å². The van der Waals surface area contributed by atoms with Crippen LogP contribution in [-0.2, 0) is 4.79 Å². The second-order valence-electron chi connectivity index (χ2n) is 4.66. The average molecular weight is 355 g/mol. The molecule has 0 spiro atoms. The van der Waals surface area contributed by atoms with Crippen molar-refractivity contribution in [3.63, 3.8) is 0 Å². The van der Waals surface area contributed by atoms with Gasteiger partial charge < -0.3 is 4.90 Å². The van der Waals surface area contributed by atoms with E-state index in [1.54, 1.807) is 17.0 Å². The number of imide groups is 1. The molecular formula is C13H11BrN2O3S. The summed E-state index contributed by atoms with van der Waals surface area (Å²) >= 11 is 4.38. The van der Waals surface area contributed by atoms with Gasteiger partial charge in [0.25, 0.3) is 11.1 Å². The lowest BCUT2D eigenvalue weighted by Gasteiger charge is -2.42. The Bertz CT molecular complexity index is 585. The third kappa shape index (κ3) is 2.25. The lowest BCUT2D eigenvalue weighted by Crippen LogP contribution is -2.62. The summed E-state index contributed by atoms with van der Waals surface area (Å²) in [6.07, 6.45) is 0. The zero-order valence-corrected chi connectivity index (χ0v) is 12.8. The highest BCUT2D eigenvalue weighted by Gasteiger charge is 2.43. The minimum Gasteiger partial charge on any atom is -0.334 e. The zero-order valence-electron chi connectivity index (χ0n) is 10.4. The summed E-state index contributed by atoms with van der Waals surface area (Å²) in [6.45, 7) is 0.830. The molecule has 3 rings (SSSR count). The second-order valence-corrected chi connectivity index (χ2v) is 6.44. The second kappa shape index (κ2) is 5.21. The molecule has 0 N–H and O–H groups in total. The maximum absolute atomic E-state index is 12.3. The van der Waals surface area contributed by atoms with Gasteiger partial charge in [-0.15, -0.1) is 0 Å². The van der Waals surface area contributed by atoms with Gasteiger partial charge in [0, 0.05) is 17.6 Å². The van der Waals surface area contributed by atoms with E-state index < -0.39 is 0 Å². The Kier molecular flexibility index (Phi) is 3.55. The first-order chi connectivity index (χ1) is 9.58. The van der Waals surface area contributed by atoms with Gasteiger partial charge in [0.2, 0.25) is 5.91 Å². The zero-order chi connectivity index (χ0) is 14.3. The van der Waals surface area contributed by atoms with Crippen LogP contribution in [0.2, 0.25) is 0 Å². The number of nitrogens with zero attached hydrogens (tertiary/aromatic N) is 2. The number of carbonyl (C=O) groups excluding carboxylic acids is 3. The molecule has 2 aliphatic heterocycles. The van der Waals surface area contributed by atoms with Gasteiger partial charge in [0.1, 0.15) is 0 Å². The Morgan fingerprint density at radius 2 is 1.95 bits per heavy atom. The average Bonchev–Trinajstić information content (AvgIpc) is 2.69. The van der Waals surface area contributed by atoms with E-state index in [1.165, 1.54) is 4.90 Å². The van der Waals surface area contributed by atoms with E-state index in [1.807, 2.05) is 12.1 Å². The van der Waals surface area contributed by atoms with Crippen LogP contribution < -0.4 is 0 Å². The van der Waals surface area contributed by atoms with Gasteiger partial charge in [-0.3, -0.25) is 19.3 Å². The van der Waals surface area contributed by atoms with Crippen molar-refractivity contribution in [1.29, 1.82) is 0 Å². The SMILES string of the molecule is O=C(c1ccccc1Br)N1CC(N2C(=O)CSC2=O)C1. The third-order valence-electron chi connectivity index (χ3n) is 3.40.